The molecule has 2 amide bonds. The van der Waals surface area contributed by atoms with Crippen LogP contribution in [0.1, 0.15) is 17.3 Å². The van der Waals surface area contributed by atoms with Crippen LogP contribution in [-0.4, -0.2) is 11.8 Å². The van der Waals surface area contributed by atoms with Gasteiger partial charge in [0.15, 0.2) is 0 Å². The minimum Gasteiger partial charge on any atom is -0.274 e. The third kappa shape index (κ3) is 2.85. The summed E-state index contributed by atoms with van der Waals surface area (Å²) in [5.74, 6) is -0.668. The smallest absolute Gasteiger partial charge is 0.270 e. The molecule has 14 heavy (non-hydrogen) atoms. The Labute approximate surface area is 89.8 Å². The van der Waals surface area contributed by atoms with E-state index < -0.39 is 0 Å². The molecule has 5 heteroatoms. The van der Waals surface area contributed by atoms with E-state index in [0.717, 1.165) is 0 Å². The number of hydrazine groups is 1. The van der Waals surface area contributed by atoms with Gasteiger partial charge in [0.1, 0.15) is 0 Å². The second-order valence-corrected chi connectivity index (χ2v) is 3.47. The zero-order valence-corrected chi connectivity index (χ0v) is 9.09. The predicted octanol–water partition coefficient (Wildman–Crippen LogP) is 1.23. The van der Waals surface area contributed by atoms with Crippen LogP contribution in [0.2, 0.25) is 0 Å². The first-order chi connectivity index (χ1) is 6.61. The second-order valence-electron chi connectivity index (χ2n) is 2.62. The summed E-state index contributed by atoms with van der Waals surface area (Å²) < 4.78 is 0.683. The van der Waals surface area contributed by atoms with Gasteiger partial charge in [-0.15, -0.1) is 0 Å². The SMILES string of the molecule is CC(=O)NNC(=O)c1ccccc1Br. The number of hydrogen-bond donors (Lipinski definition) is 2. The van der Waals surface area contributed by atoms with Crippen LogP contribution < -0.4 is 10.9 Å². The Kier molecular flexibility index (Phi) is 3.64. The number of halogens is 1. The molecule has 0 unspecified atom stereocenters. The summed E-state index contributed by atoms with van der Waals surface area (Å²) in [5.41, 5.74) is 4.96. The molecule has 1 aromatic rings. The van der Waals surface area contributed by atoms with E-state index in [0.29, 0.717) is 10.0 Å². The molecule has 0 aliphatic rings. The average Bonchev–Trinajstić information content (AvgIpc) is 2.15. The minimum atomic E-state index is -0.354. The van der Waals surface area contributed by atoms with Crippen molar-refractivity contribution in [2.75, 3.05) is 0 Å². The standard InChI is InChI=1S/C9H9BrN2O2/c1-6(13)11-12-9(14)7-4-2-3-5-8(7)10/h2-5H,1H3,(H,11,13)(H,12,14). The van der Waals surface area contributed by atoms with Gasteiger partial charge in [-0.25, -0.2) is 0 Å². The summed E-state index contributed by atoms with van der Waals surface area (Å²) in [4.78, 5) is 21.9. The van der Waals surface area contributed by atoms with E-state index in [-0.39, 0.29) is 11.8 Å². The van der Waals surface area contributed by atoms with Crippen LogP contribution in [-0.2, 0) is 4.79 Å². The summed E-state index contributed by atoms with van der Waals surface area (Å²) in [7, 11) is 0. The summed E-state index contributed by atoms with van der Waals surface area (Å²) in [5, 5.41) is 0. The molecular formula is C9H9BrN2O2. The normalized spacial score (nSPS) is 9.29. The summed E-state index contributed by atoms with van der Waals surface area (Å²) >= 11 is 3.23. The lowest BCUT2D eigenvalue weighted by Crippen LogP contribution is -2.40. The highest BCUT2D eigenvalue weighted by Crippen LogP contribution is 2.14. The molecule has 0 radical (unpaired) electrons. The number of carbonyl (C=O) groups is 2. The van der Waals surface area contributed by atoms with Gasteiger partial charge in [0.05, 0.1) is 5.56 Å². The molecule has 0 aliphatic carbocycles. The molecule has 0 saturated heterocycles. The zero-order valence-electron chi connectivity index (χ0n) is 7.50. The largest absolute Gasteiger partial charge is 0.274 e. The molecule has 4 nitrogen and oxygen atoms in total. The molecule has 0 aliphatic heterocycles. The lowest BCUT2D eigenvalue weighted by Gasteiger charge is -2.05. The first kappa shape index (κ1) is 10.7. The van der Waals surface area contributed by atoms with E-state index in [1.807, 2.05) is 0 Å². The maximum absolute atomic E-state index is 11.4. The third-order valence-corrected chi connectivity index (χ3v) is 2.16. The lowest BCUT2D eigenvalue weighted by atomic mass is 10.2. The Morgan fingerprint density at radius 2 is 1.86 bits per heavy atom. The second kappa shape index (κ2) is 4.76. The average molecular weight is 257 g/mol. The van der Waals surface area contributed by atoms with Crippen molar-refractivity contribution >= 4 is 27.7 Å². The molecular weight excluding hydrogens is 248 g/mol. The van der Waals surface area contributed by atoms with E-state index in [1.54, 1.807) is 24.3 Å². The van der Waals surface area contributed by atoms with Gasteiger partial charge in [-0.2, -0.15) is 0 Å². The fourth-order valence-corrected chi connectivity index (χ4v) is 1.32. The number of benzene rings is 1. The van der Waals surface area contributed by atoms with E-state index in [4.69, 9.17) is 0 Å². The van der Waals surface area contributed by atoms with Crippen molar-refractivity contribution in [1.82, 2.24) is 10.9 Å². The molecule has 0 bridgehead atoms. The maximum Gasteiger partial charge on any atom is 0.270 e. The van der Waals surface area contributed by atoms with Crippen LogP contribution >= 0.6 is 15.9 Å². The fourth-order valence-electron chi connectivity index (χ4n) is 0.857. The molecule has 74 valence electrons. The van der Waals surface area contributed by atoms with Crippen LogP contribution in [0.4, 0.5) is 0 Å². The van der Waals surface area contributed by atoms with Gasteiger partial charge in [-0.1, -0.05) is 12.1 Å². The van der Waals surface area contributed by atoms with Gasteiger partial charge in [-0.3, -0.25) is 20.4 Å². The van der Waals surface area contributed by atoms with E-state index in [2.05, 4.69) is 26.8 Å². The number of nitrogens with one attached hydrogen (secondary N) is 2. The number of rotatable bonds is 1. The van der Waals surface area contributed by atoms with E-state index in [9.17, 15) is 9.59 Å². The van der Waals surface area contributed by atoms with Crippen molar-refractivity contribution < 1.29 is 9.59 Å². The Balaban J connectivity index is 2.70. The van der Waals surface area contributed by atoms with Gasteiger partial charge in [0.25, 0.3) is 5.91 Å². The molecule has 0 atom stereocenters. The maximum atomic E-state index is 11.4. The van der Waals surface area contributed by atoms with E-state index >= 15 is 0 Å². The number of hydrogen-bond acceptors (Lipinski definition) is 2. The Morgan fingerprint density at radius 1 is 1.21 bits per heavy atom. The van der Waals surface area contributed by atoms with Crippen LogP contribution in [0.25, 0.3) is 0 Å². The van der Waals surface area contributed by atoms with Gasteiger partial charge >= 0.3 is 0 Å². The van der Waals surface area contributed by atoms with E-state index in [1.165, 1.54) is 6.92 Å². The van der Waals surface area contributed by atoms with Crippen molar-refractivity contribution in [1.29, 1.82) is 0 Å². The highest BCUT2D eigenvalue weighted by atomic mass is 79.9. The molecule has 0 saturated carbocycles. The number of amides is 2. The van der Waals surface area contributed by atoms with Gasteiger partial charge in [0.2, 0.25) is 5.91 Å². The highest BCUT2D eigenvalue weighted by molar-refractivity contribution is 9.10. The molecule has 0 spiro atoms. The summed E-state index contributed by atoms with van der Waals surface area (Å²) in [6, 6.07) is 6.95. The minimum absolute atomic E-state index is 0.314. The van der Waals surface area contributed by atoms with Crippen LogP contribution in [0, 0.1) is 0 Å². The topological polar surface area (TPSA) is 58.2 Å². The lowest BCUT2D eigenvalue weighted by molar-refractivity contribution is -0.119. The van der Waals surface area contributed by atoms with Crippen molar-refractivity contribution in [2.45, 2.75) is 6.92 Å². The molecule has 0 aromatic heterocycles. The van der Waals surface area contributed by atoms with Crippen molar-refractivity contribution in [3.05, 3.63) is 34.3 Å². The van der Waals surface area contributed by atoms with Crippen LogP contribution in [0.3, 0.4) is 0 Å². The zero-order chi connectivity index (χ0) is 10.6. The first-order valence-corrected chi connectivity index (χ1v) is 4.72. The van der Waals surface area contributed by atoms with Gasteiger partial charge < -0.3 is 0 Å². The molecule has 1 rings (SSSR count). The van der Waals surface area contributed by atoms with Crippen molar-refractivity contribution in [2.24, 2.45) is 0 Å². The van der Waals surface area contributed by atoms with Crippen LogP contribution in [0.5, 0.6) is 0 Å². The van der Waals surface area contributed by atoms with Crippen molar-refractivity contribution in [3.8, 4) is 0 Å². The molecule has 1 aromatic carbocycles. The Hall–Kier alpha value is -1.36. The Morgan fingerprint density at radius 3 is 2.43 bits per heavy atom. The van der Waals surface area contributed by atoms with Crippen molar-refractivity contribution in [3.63, 3.8) is 0 Å². The third-order valence-electron chi connectivity index (χ3n) is 1.47. The Bertz CT molecular complexity index is 366. The molecule has 2 N–H and O–H groups in total. The summed E-state index contributed by atoms with van der Waals surface area (Å²) in [6.07, 6.45) is 0. The quantitative estimate of drug-likeness (QED) is 0.743. The first-order valence-electron chi connectivity index (χ1n) is 3.92. The fraction of sp³-hybridized carbons (Fsp3) is 0.111. The van der Waals surface area contributed by atoms with Gasteiger partial charge in [0, 0.05) is 11.4 Å². The molecule has 0 heterocycles. The predicted molar refractivity (Wildman–Crippen MR) is 55.4 cm³/mol. The van der Waals surface area contributed by atoms with Gasteiger partial charge in [-0.05, 0) is 28.1 Å². The summed E-state index contributed by atoms with van der Waals surface area (Å²) in [6.45, 7) is 1.32. The van der Waals surface area contributed by atoms with Crippen LogP contribution in [0.15, 0.2) is 28.7 Å². The number of carbonyl (C=O) groups excluding carboxylic acids is 2. The highest BCUT2D eigenvalue weighted by Gasteiger charge is 2.08. The monoisotopic (exact) mass is 256 g/mol. The molecule has 0 fully saturated rings.